The van der Waals surface area contributed by atoms with E-state index in [-0.39, 0.29) is 22.2 Å². The van der Waals surface area contributed by atoms with E-state index in [2.05, 4.69) is 4.98 Å². The molecule has 10 heteroatoms. The number of amides is 1. The van der Waals surface area contributed by atoms with E-state index < -0.39 is 22.7 Å². The standard InChI is InChI=1S/C25H17N3O6S/c1-34-19-9-6-15-12-17(3-2-16(15)13-19)22(29)20-21(14-4-7-18(8-5-14)28(32)33)27(24(31)23(20)30)25-26-10-11-35-25/h2-13,21,29H,1H3/b22-20+. The average molecular weight is 487 g/mol. The Bertz CT molecular complexity index is 1510. The molecular weight excluding hydrogens is 470 g/mol. The first kappa shape index (κ1) is 22.2. The van der Waals surface area contributed by atoms with Crippen molar-refractivity contribution < 1.29 is 24.4 Å². The van der Waals surface area contributed by atoms with Gasteiger partial charge in [0.15, 0.2) is 5.13 Å². The molecule has 2 heterocycles. The minimum Gasteiger partial charge on any atom is -0.507 e. The van der Waals surface area contributed by atoms with Crippen LogP contribution in [0.4, 0.5) is 10.8 Å². The lowest BCUT2D eigenvalue weighted by Gasteiger charge is -2.22. The van der Waals surface area contributed by atoms with Crippen LogP contribution in [0.1, 0.15) is 17.2 Å². The fourth-order valence-electron chi connectivity index (χ4n) is 4.11. The number of aliphatic hydroxyl groups is 1. The number of nitro groups is 1. The van der Waals surface area contributed by atoms with Crippen molar-refractivity contribution >= 4 is 50.4 Å². The van der Waals surface area contributed by atoms with E-state index >= 15 is 0 Å². The van der Waals surface area contributed by atoms with Crippen LogP contribution in [0.25, 0.3) is 16.5 Å². The zero-order valence-corrected chi connectivity index (χ0v) is 19.1. The van der Waals surface area contributed by atoms with Gasteiger partial charge in [-0.3, -0.25) is 24.6 Å². The lowest BCUT2D eigenvalue weighted by atomic mass is 9.94. The number of anilines is 1. The summed E-state index contributed by atoms with van der Waals surface area (Å²) >= 11 is 1.16. The van der Waals surface area contributed by atoms with Crippen molar-refractivity contribution in [2.24, 2.45) is 0 Å². The summed E-state index contributed by atoms with van der Waals surface area (Å²) in [5, 5.41) is 26.0. The van der Waals surface area contributed by atoms with E-state index in [9.17, 15) is 24.8 Å². The van der Waals surface area contributed by atoms with Gasteiger partial charge < -0.3 is 9.84 Å². The number of hydrogen-bond donors (Lipinski definition) is 1. The van der Waals surface area contributed by atoms with Crippen LogP contribution in [0, 0.1) is 10.1 Å². The van der Waals surface area contributed by atoms with E-state index in [1.807, 2.05) is 12.1 Å². The summed E-state index contributed by atoms with van der Waals surface area (Å²) in [6.07, 6.45) is 1.50. The van der Waals surface area contributed by atoms with Gasteiger partial charge in [0.2, 0.25) is 0 Å². The maximum absolute atomic E-state index is 13.2. The van der Waals surface area contributed by atoms with Crippen LogP contribution in [0.5, 0.6) is 5.75 Å². The molecule has 1 amide bonds. The van der Waals surface area contributed by atoms with Gasteiger partial charge in [0.05, 0.1) is 23.6 Å². The second-order valence-corrected chi connectivity index (χ2v) is 8.63. The van der Waals surface area contributed by atoms with E-state index in [0.29, 0.717) is 16.9 Å². The third-order valence-electron chi connectivity index (χ3n) is 5.81. The Hall–Kier alpha value is -4.57. The van der Waals surface area contributed by atoms with Crippen LogP contribution in [-0.4, -0.2) is 33.8 Å². The van der Waals surface area contributed by atoms with Crippen molar-refractivity contribution in [3.8, 4) is 5.75 Å². The number of hydrogen-bond acceptors (Lipinski definition) is 8. The van der Waals surface area contributed by atoms with Crippen LogP contribution >= 0.6 is 11.3 Å². The number of carbonyl (C=O) groups excluding carboxylic acids is 2. The number of rotatable bonds is 5. The number of fused-ring (bicyclic) bond motifs is 1. The molecule has 1 atom stereocenters. The molecule has 1 aliphatic heterocycles. The molecule has 1 aliphatic rings. The summed E-state index contributed by atoms with van der Waals surface area (Å²) in [7, 11) is 1.57. The Balaban J connectivity index is 1.68. The molecule has 0 aliphatic carbocycles. The summed E-state index contributed by atoms with van der Waals surface area (Å²) in [4.78, 5) is 42.2. The molecule has 1 saturated heterocycles. The maximum atomic E-state index is 13.2. The Morgan fingerprint density at radius 1 is 1.09 bits per heavy atom. The summed E-state index contributed by atoms with van der Waals surface area (Å²) in [6, 6.07) is 15.1. The Morgan fingerprint density at radius 3 is 2.46 bits per heavy atom. The number of non-ortho nitro benzene ring substituents is 1. The highest BCUT2D eigenvalue weighted by Gasteiger charge is 2.48. The zero-order valence-electron chi connectivity index (χ0n) is 18.2. The smallest absolute Gasteiger partial charge is 0.301 e. The minimum absolute atomic E-state index is 0.119. The first-order valence-corrected chi connectivity index (χ1v) is 11.3. The summed E-state index contributed by atoms with van der Waals surface area (Å²) in [5.74, 6) is -1.36. The van der Waals surface area contributed by atoms with Gasteiger partial charge in [-0.1, -0.05) is 18.2 Å². The quantitative estimate of drug-likeness (QED) is 0.140. The summed E-state index contributed by atoms with van der Waals surface area (Å²) in [5.41, 5.74) is 0.528. The van der Waals surface area contributed by atoms with E-state index in [1.54, 1.807) is 36.8 Å². The van der Waals surface area contributed by atoms with E-state index in [0.717, 1.165) is 22.1 Å². The third-order valence-corrected chi connectivity index (χ3v) is 6.58. The molecule has 3 aromatic carbocycles. The number of nitrogens with zero attached hydrogens (tertiary/aromatic N) is 3. The number of aliphatic hydroxyl groups excluding tert-OH is 1. The number of methoxy groups -OCH3 is 1. The molecule has 35 heavy (non-hydrogen) atoms. The first-order valence-electron chi connectivity index (χ1n) is 10.4. The molecule has 1 N–H and O–H groups in total. The number of nitro benzene ring substituents is 1. The van der Waals surface area contributed by atoms with E-state index in [1.165, 1.54) is 35.4 Å². The van der Waals surface area contributed by atoms with Crippen LogP contribution in [0.15, 0.2) is 77.8 Å². The molecule has 1 aromatic heterocycles. The fourth-order valence-corrected chi connectivity index (χ4v) is 4.78. The van der Waals surface area contributed by atoms with Crippen molar-refractivity contribution in [3.05, 3.63) is 99.1 Å². The average Bonchev–Trinajstić information content (AvgIpc) is 3.49. The number of ether oxygens (including phenoxy) is 1. The molecule has 174 valence electrons. The number of carbonyl (C=O) groups is 2. The number of thiazole rings is 1. The topological polar surface area (TPSA) is 123 Å². The van der Waals surface area contributed by atoms with Crippen molar-refractivity contribution in [2.45, 2.75) is 6.04 Å². The number of aromatic nitrogens is 1. The van der Waals surface area contributed by atoms with Crippen molar-refractivity contribution in [2.75, 3.05) is 12.0 Å². The molecular formula is C25H17N3O6S. The zero-order chi connectivity index (χ0) is 24.7. The van der Waals surface area contributed by atoms with Crippen LogP contribution in [0.2, 0.25) is 0 Å². The van der Waals surface area contributed by atoms with Gasteiger partial charge in [-0.25, -0.2) is 4.98 Å². The van der Waals surface area contributed by atoms with Crippen LogP contribution in [0.3, 0.4) is 0 Å². The molecule has 0 radical (unpaired) electrons. The highest BCUT2D eigenvalue weighted by Crippen LogP contribution is 2.43. The largest absolute Gasteiger partial charge is 0.507 e. The lowest BCUT2D eigenvalue weighted by Crippen LogP contribution is -2.29. The second-order valence-electron chi connectivity index (χ2n) is 7.76. The molecule has 0 spiro atoms. The Kier molecular flexibility index (Phi) is 5.50. The molecule has 1 fully saturated rings. The SMILES string of the molecule is COc1ccc2cc(/C(O)=C3\C(=O)C(=O)N(c4nccs4)C3c3ccc([N+](=O)[O-])cc3)ccc2c1. The first-order chi connectivity index (χ1) is 16.9. The van der Waals surface area contributed by atoms with Crippen molar-refractivity contribution in [1.82, 2.24) is 4.98 Å². The Labute approximate surface area is 202 Å². The van der Waals surface area contributed by atoms with Gasteiger partial charge in [-0.2, -0.15) is 0 Å². The maximum Gasteiger partial charge on any atom is 0.301 e. The highest BCUT2D eigenvalue weighted by molar-refractivity contribution is 7.14. The van der Waals surface area contributed by atoms with Gasteiger partial charge in [0.1, 0.15) is 11.5 Å². The summed E-state index contributed by atoms with van der Waals surface area (Å²) in [6.45, 7) is 0. The highest BCUT2D eigenvalue weighted by atomic mass is 32.1. The number of Topliss-reactive ketones (excluding diaryl/α,β-unsaturated/α-hetero) is 1. The van der Waals surface area contributed by atoms with Crippen LogP contribution in [-0.2, 0) is 9.59 Å². The van der Waals surface area contributed by atoms with Gasteiger partial charge in [-0.15, -0.1) is 11.3 Å². The minimum atomic E-state index is -1.01. The van der Waals surface area contributed by atoms with Gasteiger partial charge in [-0.05, 0) is 46.7 Å². The van der Waals surface area contributed by atoms with Gasteiger partial charge in [0.25, 0.3) is 11.5 Å². The molecule has 1 unspecified atom stereocenters. The van der Waals surface area contributed by atoms with E-state index in [4.69, 9.17) is 4.74 Å². The predicted octanol–water partition coefficient (Wildman–Crippen LogP) is 4.84. The monoisotopic (exact) mass is 487 g/mol. The van der Waals surface area contributed by atoms with Crippen LogP contribution < -0.4 is 9.64 Å². The normalized spacial score (nSPS) is 17.2. The number of ketones is 1. The van der Waals surface area contributed by atoms with Crippen molar-refractivity contribution in [1.29, 1.82) is 0 Å². The summed E-state index contributed by atoms with van der Waals surface area (Å²) < 4.78 is 5.25. The predicted molar refractivity (Wildman–Crippen MR) is 130 cm³/mol. The molecule has 0 saturated carbocycles. The van der Waals surface area contributed by atoms with Gasteiger partial charge >= 0.3 is 5.91 Å². The van der Waals surface area contributed by atoms with Gasteiger partial charge in [0, 0.05) is 29.3 Å². The second kappa shape index (κ2) is 8.65. The molecule has 5 rings (SSSR count). The lowest BCUT2D eigenvalue weighted by molar-refractivity contribution is -0.384. The third kappa shape index (κ3) is 3.79. The molecule has 9 nitrogen and oxygen atoms in total. The molecule has 0 bridgehead atoms. The van der Waals surface area contributed by atoms with Crippen molar-refractivity contribution in [3.63, 3.8) is 0 Å². The molecule has 4 aromatic rings. The Morgan fingerprint density at radius 2 is 1.80 bits per heavy atom. The fraction of sp³-hybridized carbons (Fsp3) is 0.0800. The number of benzene rings is 3.